The molecule has 198 valence electrons. The Hall–Kier alpha value is -3.42. The van der Waals surface area contributed by atoms with Gasteiger partial charge in [0, 0.05) is 19.2 Å². The van der Waals surface area contributed by atoms with E-state index in [0.717, 1.165) is 24.8 Å². The van der Waals surface area contributed by atoms with E-state index in [1.165, 1.54) is 26.7 Å². The summed E-state index contributed by atoms with van der Waals surface area (Å²) in [5.74, 6) is 0.619. The van der Waals surface area contributed by atoms with E-state index in [1.54, 1.807) is 38.5 Å². The molecule has 0 radical (unpaired) electrons. The topological polar surface area (TPSA) is 97.3 Å². The van der Waals surface area contributed by atoms with E-state index in [4.69, 9.17) is 14.2 Å². The Kier molecular flexibility index (Phi) is 11.4. The zero-order valence-corrected chi connectivity index (χ0v) is 22.1. The summed E-state index contributed by atoms with van der Waals surface area (Å²) in [7, 11) is 3.13. The number of rotatable bonds is 15. The fourth-order valence-electron chi connectivity index (χ4n) is 3.68. The number of urea groups is 1. The summed E-state index contributed by atoms with van der Waals surface area (Å²) < 4.78 is 16.3. The van der Waals surface area contributed by atoms with E-state index in [1.807, 2.05) is 23.1 Å². The van der Waals surface area contributed by atoms with Crippen LogP contribution in [0.25, 0.3) is 0 Å². The normalized spacial score (nSPS) is 11.0. The number of nitrogens with one attached hydrogen (secondary N) is 1. The second-order valence-corrected chi connectivity index (χ2v) is 9.21. The Labute approximate surface area is 214 Å². The lowest BCUT2D eigenvalue weighted by atomic mass is 10.1. The highest BCUT2D eigenvalue weighted by Gasteiger charge is 2.29. The molecule has 0 unspecified atom stereocenters. The molecular weight excluding hydrogens is 460 g/mol. The monoisotopic (exact) mass is 500 g/mol. The lowest BCUT2D eigenvalue weighted by Gasteiger charge is -2.24. The molecular formula is C28H40N2O6. The summed E-state index contributed by atoms with van der Waals surface area (Å²) in [5.41, 5.74) is 0.200. The number of anilines is 1. The lowest BCUT2D eigenvalue weighted by molar-refractivity contribution is -0.152. The van der Waals surface area contributed by atoms with Gasteiger partial charge in [-0.3, -0.25) is 0 Å². The highest BCUT2D eigenvalue weighted by Crippen LogP contribution is 2.29. The van der Waals surface area contributed by atoms with Gasteiger partial charge in [-0.1, -0.05) is 44.7 Å². The van der Waals surface area contributed by atoms with Gasteiger partial charge in [-0.15, -0.1) is 0 Å². The molecule has 0 saturated carbocycles. The summed E-state index contributed by atoms with van der Waals surface area (Å²) in [5, 5.41) is 12.3. The maximum atomic E-state index is 13.2. The largest absolute Gasteiger partial charge is 0.497 e. The van der Waals surface area contributed by atoms with Gasteiger partial charge < -0.3 is 29.5 Å². The first kappa shape index (κ1) is 28.8. The number of methoxy groups -OCH3 is 2. The average Bonchev–Trinajstić information content (AvgIpc) is 2.85. The van der Waals surface area contributed by atoms with Crippen LogP contribution < -0.4 is 19.5 Å². The van der Waals surface area contributed by atoms with Crippen molar-refractivity contribution in [3.63, 3.8) is 0 Å². The first-order valence-electron chi connectivity index (χ1n) is 12.5. The number of carboxylic acid groups (broad SMARTS) is 1. The van der Waals surface area contributed by atoms with Crippen LogP contribution in [0.4, 0.5) is 10.5 Å². The number of nitrogens with zero attached hydrogens (tertiary/aromatic N) is 1. The summed E-state index contributed by atoms with van der Waals surface area (Å²) in [4.78, 5) is 26.5. The second-order valence-electron chi connectivity index (χ2n) is 9.21. The van der Waals surface area contributed by atoms with Crippen molar-refractivity contribution < 1.29 is 28.9 Å². The Morgan fingerprint density at radius 3 is 2.36 bits per heavy atom. The molecule has 2 aromatic rings. The number of carboxylic acids is 1. The van der Waals surface area contributed by atoms with E-state index >= 15 is 0 Å². The number of carbonyl (C=O) groups is 2. The molecule has 0 heterocycles. The minimum atomic E-state index is -1.33. The van der Waals surface area contributed by atoms with Crippen LogP contribution in [0.2, 0.25) is 0 Å². The number of unbranched alkanes of at least 4 members (excludes halogenated alkanes) is 4. The first-order chi connectivity index (χ1) is 17.2. The van der Waals surface area contributed by atoms with Crippen LogP contribution in [0, 0.1) is 0 Å². The van der Waals surface area contributed by atoms with Crippen molar-refractivity contribution in [1.82, 2.24) is 4.90 Å². The Bertz CT molecular complexity index is 992. The quantitative estimate of drug-likeness (QED) is 0.292. The van der Waals surface area contributed by atoms with Crippen molar-refractivity contribution in [2.75, 3.05) is 32.6 Å². The fraction of sp³-hybridized carbons (Fsp3) is 0.500. The SMILES string of the molecule is CCCCCCCN(CCc1cccc(OC(C)(C)C(=O)O)c1)C(=O)Nc1ccc(OC)cc1OC. The second kappa shape index (κ2) is 14.2. The molecule has 0 saturated heterocycles. The Balaban J connectivity index is 2.11. The molecule has 8 nitrogen and oxygen atoms in total. The van der Waals surface area contributed by atoms with Gasteiger partial charge in [0.1, 0.15) is 17.2 Å². The molecule has 36 heavy (non-hydrogen) atoms. The third kappa shape index (κ3) is 8.98. The molecule has 0 aliphatic rings. The van der Waals surface area contributed by atoms with Gasteiger partial charge >= 0.3 is 12.0 Å². The zero-order chi connectivity index (χ0) is 26.6. The van der Waals surface area contributed by atoms with Crippen molar-refractivity contribution in [2.45, 2.75) is 64.9 Å². The van der Waals surface area contributed by atoms with Gasteiger partial charge in [-0.05, 0) is 56.5 Å². The van der Waals surface area contributed by atoms with Crippen LogP contribution in [-0.2, 0) is 11.2 Å². The van der Waals surface area contributed by atoms with E-state index in [-0.39, 0.29) is 6.03 Å². The van der Waals surface area contributed by atoms with Gasteiger partial charge in [-0.25, -0.2) is 9.59 Å². The molecule has 0 aromatic heterocycles. The maximum absolute atomic E-state index is 13.2. The third-order valence-electron chi connectivity index (χ3n) is 5.93. The van der Waals surface area contributed by atoms with Gasteiger partial charge in [0.2, 0.25) is 0 Å². The summed E-state index contributed by atoms with van der Waals surface area (Å²) >= 11 is 0. The Morgan fingerprint density at radius 1 is 0.944 bits per heavy atom. The molecule has 0 fully saturated rings. The summed E-state index contributed by atoms with van der Waals surface area (Å²) in [6, 6.07) is 12.4. The van der Waals surface area contributed by atoms with E-state index < -0.39 is 11.6 Å². The van der Waals surface area contributed by atoms with Crippen LogP contribution >= 0.6 is 0 Å². The summed E-state index contributed by atoms with van der Waals surface area (Å²) in [6.45, 7) is 6.34. The number of aliphatic carboxylic acids is 1. The molecule has 0 aliphatic heterocycles. The number of hydrogen-bond donors (Lipinski definition) is 2. The van der Waals surface area contributed by atoms with Crippen molar-refractivity contribution in [3.8, 4) is 17.2 Å². The molecule has 2 amide bonds. The highest BCUT2D eigenvalue weighted by atomic mass is 16.5. The van der Waals surface area contributed by atoms with Crippen molar-refractivity contribution in [1.29, 1.82) is 0 Å². The maximum Gasteiger partial charge on any atom is 0.347 e. The van der Waals surface area contributed by atoms with E-state index in [0.29, 0.717) is 42.4 Å². The Morgan fingerprint density at radius 2 is 1.69 bits per heavy atom. The van der Waals surface area contributed by atoms with E-state index in [2.05, 4.69) is 12.2 Å². The number of carbonyl (C=O) groups excluding carboxylic acids is 1. The van der Waals surface area contributed by atoms with Crippen LogP contribution in [0.15, 0.2) is 42.5 Å². The van der Waals surface area contributed by atoms with Gasteiger partial charge in [-0.2, -0.15) is 0 Å². The minimum Gasteiger partial charge on any atom is -0.497 e. The van der Waals surface area contributed by atoms with Crippen molar-refractivity contribution >= 4 is 17.7 Å². The molecule has 2 rings (SSSR count). The summed E-state index contributed by atoms with van der Waals surface area (Å²) in [6.07, 6.45) is 6.09. The molecule has 0 aliphatic carbocycles. The molecule has 8 heteroatoms. The van der Waals surface area contributed by atoms with Crippen LogP contribution in [0.5, 0.6) is 17.2 Å². The first-order valence-corrected chi connectivity index (χ1v) is 12.5. The van der Waals surface area contributed by atoms with Gasteiger partial charge in [0.15, 0.2) is 5.60 Å². The smallest absolute Gasteiger partial charge is 0.347 e. The predicted molar refractivity (Wildman–Crippen MR) is 141 cm³/mol. The molecule has 2 N–H and O–H groups in total. The predicted octanol–water partition coefficient (Wildman–Crippen LogP) is 5.99. The van der Waals surface area contributed by atoms with Crippen LogP contribution in [-0.4, -0.2) is 54.9 Å². The van der Waals surface area contributed by atoms with Crippen LogP contribution in [0.1, 0.15) is 58.4 Å². The zero-order valence-electron chi connectivity index (χ0n) is 22.1. The lowest BCUT2D eigenvalue weighted by Crippen LogP contribution is -2.38. The molecule has 0 atom stereocenters. The van der Waals surface area contributed by atoms with Crippen molar-refractivity contribution in [3.05, 3.63) is 48.0 Å². The fourth-order valence-corrected chi connectivity index (χ4v) is 3.68. The highest BCUT2D eigenvalue weighted by molar-refractivity contribution is 5.91. The molecule has 0 bridgehead atoms. The number of amides is 2. The number of benzene rings is 2. The van der Waals surface area contributed by atoms with Crippen LogP contribution in [0.3, 0.4) is 0 Å². The molecule has 2 aromatic carbocycles. The number of hydrogen-bond acceptors (Lipinski definition) is 5. The van der Waals surface area contributed by atoms with Crippen molar-refractivity contribution in [2.24, 2.45) is 0 Å². The van der Waals surface area contributed by atoms with Gasteiger partial charge in [0.05, 0.1) is 19.9 Å². The van der Waals surface area contributed by atoms with E-state index in [9.17, 15) is 14.7 Å². The molecule has 0 spiro atoms. The minimum absolute atomic E-state index is 0.201. The third-order valence-corrected chi connectivity index (χ3v) is 5.93. The van der Waals surface area contributed by atoms with Gasteiger partial charge in [0.25, 0.3) is 0 Å². The standard InChI is InChI=1S/C28H40N2O6/c1-6-7-8-9-10-17-30(27(33)29-24-15-14-22(34-4)20-25(24)35-5)18-16-21-12-11-13-23(19-21)36-28(2,3)26(31)32/h11-15,19-20H,6-10,16-18H2,1-5H3,(H,29,33)(H,31,32). The number of ether oxygens (including phenoxy) is 3. The average molecular weight is 501 g/mol.